The number of carbonyl (C=O) groups excluding carboxylic acids is 1. The Balaban J connectivity index is 1.93. The minimum Gasteiger partial charge on any atom is -0.370 e. The van der Waals surface area contributed by atoms with Crippen molar-refractivity contribution in [2.24, 2.45) is 0 Å². The van der Waals surface area contributed by atoms with E-state index < -0.39 is 12.8 Å². The number of nitrogens with zero attached hydrogens (tertiary/aromatic N) is 1. The van der Waals surface area contributed by atoms with Gasteiger partial charge in [-0.3, -0.25) is 4.79 Å². The number of ether oxygens (including phenoxy) is 1. The summed E-state index contributed by atoms with van der Waals surface area (Å²) < 4.78 is 41.3. The molecule has 104 valence electrons. The molecule has 1 amide bonds. The van der Waals surface area contributed by atoms with Crippen LogP contribution in [0.5, 0.6) is 0 Å². The predicted octanol–water partition coefficient (Wildman–Crippen LogP) is 2.76. The van der Waals surface area contributed by atoms with Crippen LogP contribution in [-0.2, 0) is 16.0 Å². The van der Waals surface area contributed by atoms with Gasteiger partial charge < -0.3 is 9.64 Å². The summed E-state index contributed by atoms with van der Waals surface area (Å²) in [7, 11) is 0. The van der Waals surface area contributed by atoms with E-state index in [0.717, 1.165) is 14.8 Å². The number of anilines is 1. The van der Waals surface area contributed by atoms with Crippen molar-refractivity contribution in [2.75, 3.05) is 24.7 Å². The van der Waals surface area contributed by atoms with Gasteiger partial charge in [-0.05, 0) is 46.4 Å². The number of halogens is 4. The zero-order valence-corrected chi connectivity index (χ0v) is 12.0. The molecule has 1 aromatic carbocycles. The molecule has 2 rings (SSSR count). The summed E-state index contributed by atoms with van der Waals surface area (Å²) in [6.45, 7) is -1.27. The van der Waals surface area contributed by atoms with Gasteiger partial charge >= 0.3 is 6.18 Å². The summed E-state index contributed by atoms with van der Waals surface area (Å²) in [5, 5.41) is 0. The van der Waals surface area contributed by atoms with Crippen molar-refractivity contribution in [2.45, 2.75) is 12.6 Å². The fourth-order valence-corrected chi connectivity index (χ4v) is 2.50. The molecule has 0 unspecified atom stereocenters. The number of alkyl halides is 3. The van der Waals surface area contributed by atoms with Crippen molar-refractivity contribution < 1.29 is 22.7 Å². The van der Waals surface area contributed by atoms with Crippen molar-refractivity contribution in [1.29, 1.82) is 0 Å². The third-order valence-electron chi connectivity index (χ3n) is 2.70. The molecule has 1 aromatic rings. The lowest BCUT2D eigenvalue weighted by Crippen LogP contribution is -2.31. The smallest absolute Gasteiger partial charge is 0.370 e. The van der Waals surface area contributed by atoms with Gasteiger partial charge in [0, 0.05) is 15.8 Å². The van der Waals surface area contributed by atoms with E-state index in [0.29, 0.717) is 6.42 Å². The molecule has 0 radical (unpaired) electrons. The highest BCUT2D eigenvalue weighted by molar-refractivity contribution is 14.1. The Bertz CT molecular complexity index is 490. The third-order valence-corrected chi connectivity index (χ3v) is 3.37. The van der Waals surface area contributed by atoms with Crippen molar-refractivity contribution in [3.8, 4) is 0 Å². The van der Waals surface area contributed by atoms with Crippen LogP contribution in [0.4, 0.5) is 18.9 Å². The van der Waals surface area contributed by atoms with E-state index in [1.165, 1.54) is 4.90 Å². The quantitative estimate of drug-likeness (QED) is 0.590. The molecule has 3 nitrogen and oxygen atoms in total. The summed E-state index contributed by atoms with van der Waals surface area (Å²) in [6, 6.07) is 5.58. The van der Waals surface area contributed by atoms with Crippen LogP contribution >= 0.6 is 22.6 Å². The Morgan fingerprint density at radius 2 is 2.11 bits per heavy atom. The van der Waals surface area contributed by atoms with E-state index in [1.54, 1.807) is 0 Å². The van der Waals surface area contributed by atoms with Gasteiger partial charge in [-0.1, -0.05) is 0 Å². The average molecular weight is 385 g/mol. The molecule has 0 atom stereocenters. The first kappa shape index (κ1) is 14.6. The molecular formula is C12H11F3INO2. The highest BCUT2D eigenvalue weighted by Crippen LogP contribution is 2.29. The first-order valence-corrected chi connectivity index (χ1v) is 6.68. The molecule has 0 bridgehead atoms. The van der Waals surface area contributed by atoms with Gasteiger partial charge in [-0.2, -0.15) is 13.2 Å². The van der Waals surface area contributed by atoms with Crippen LogP contribution in [-0.4, -0.2) is 31.8 Å². The van der Waals surface area contributed by atoms with Gasteiger partial charge in [0.25, 0.3) is 0 Å². The third kappa shape index (κ3) is 3.82. The number of carbonyl (C=O) groups is 1. The maximum atomic E-state index is 11.9. The van der Waals surface area contributed by atoms with E-state index in [4.69, 9.17) is 0 Å². The van der Waals surface area contributed by atoms with E-state index in [-0.39, 0.29) is 19.1 Å². The van der Waals surface area contributed by atoms with Crippen molar-refractivity contribution in [3.63, 3.8) is 0 Å². The molecule has 1 aliphatic rings. The first-order chi connectivity index (χ1) is 8.87. The molecular weight excluding hydrogens is 374 g/mol. The summed E-state index contributed by atoms with van der Waals surface area (Å²) in [5.74, 6) is -0.104. The maximum Gasteiger partial charge on any atom is 0.411 e. The summed E-state index contributed by atoms with van der Waals surface area (Å²) in [4.78, 5) is 13.3. The minimum absolute atomic E-state index is 0.104. The lowest BCUT2D eigenvalue weighted by atomic mass is 10.2. The van der Waals surface area contributed by atoms with Crippen LogP contribution in [0.3, 0.4) is 0 Å². The molecule has 0 saturated heterocycles. The Labute approximate surface area is 121 Å². The zero-order valence-electron chi connectivity index (χ0n) is 9.84. The Hall–Kier alpha value is -0.830. The molecule has 1 aliphatic heterocycles. The summed E-state index contributed by atoms with van der Waals surface area (Å²) >= 11 is 2.15. The lowest BCUT2D eigenvalue weighted by molar-refractivity contribution is -0.173. The van der Waals surface area contributed by atoms with Gasteiger partial charge in [0.15, 0.2) is 0 Å². The average Bonchev–Trinajstić information content (AvgIpc) is 2.58. The Kier molecular flexibility index (Phi) is 4.34. The molecule has 0 aromatic heterocycles. The molecule has 0 N–H and O–H groups in total. The number of amides is 1. The van der Waals surface area contributed by atoms with Gasteiger partial charge in [0.1, 0.15) is 6.61 Å². The first-order valence-electron chi connectivity index (χ1n) is 5.60. The second-order valence-electron chi connectivity index (χ2n) is 4.16. The van der Waals surface area contributed by atoms with Gasteiger partial charge in [-0.15, -0.1) is 0 Å². The number of fused-ring (bicyclic) bond motifs is 1. The lowest BCUT2D eigenvalue weighted by Gasteiger charge is -2.17. The maximum absolute atomic E-state index is 11.9. The number of rotatable bonds is 4. The zero-order chi connectivity index (χ0) is 14.0. The summed E-state index contributed by atoms with van der Waals surface area (Å²) in [6.07, 6.45) is -4.03. The van der Waals surface area contributed by atoms with Crippen LogP contribution < -0.4 is 4.90 Å². The van der Waals surface area contributed by atoms with Crippen LogP contribution in [0.25, 0.3) is 0 Å². The fraction of sp³-hybridized carbons (Fsp3) is 0.417. The van der Waals surface area contributed by atoms with E-state index in [1.807, 2.05) is 18.2 Å². The fourth-order valence-electron chi connectivity index (χ4n) is 1.94. The molecule has 19 heavy (non-hydrogen) atoms. The summed E-state index contributed by atoms with van der Waals surface area (Å²) in [5.41, 5.74) is 1.67. The van der Waals surface area contributed by atoms with E-state index in [9.17, 15) is 18.0 Å². The van der Waals surface area contributed by atoms with Gasteiger partial charge in [-0.25, -0.2) is 0 Å². The number of benzene rings is 1. The molecule has 0 aliphatic carbocycles. The normalized spacial score (nSPS) is 14.9. The SMILES string of the molecule is O=C1Cc2cc(I)ccc2N1CCOCC(F)(F)F. The molecule has 1 heterocycles. The van der Waals surface area contributed by atoms with Crippen molar-refractivity contribution >= 4 is 34.2 Å². The van der Waals surface area contributed by atoms with E-state index >= 15 is 0 Å². The Morgan fingerprint density at radius 3 is 2.79 bits per heavy atom. The van der Waals surface area contributed by atoms with Gasteiger partial charge in [0.2, 0.25) is 5.91 Å². The van der Waals surface area contributed by atoms with Gasteiger partial charge in [0.05, 0.1) is 13.0 Å². The second kappa shape index (κ2) is 5.66. The van der Waals surface area contributed by atoms with Crippen LogP contribution in [0.15, 0.2) is 18.2 Å². The van der Waals surface area contributed by atoms with E-state index in [2.05, 4.69) is 27.3 Å². The van der Waals surface area contributed by atoms with Crippen LogP contribution in [0, 0.1) is 3.57 Å². The molecule has 0 saturated carbocycles. The molecule has 7 heteroatoms. The standard InChI is InChI=1S/C12H11F3INO2/c13-12(14,15)7-19-4-3-17-10-2-1-9(16)5-8(10)6-11(17)18/h1-2,5H,3-4,6-7H2. The van der Waals surface area contributed by atoms with Crippen molar-refractivity contribution in [3.05, 3.63) is 27.3 Å². The molecule has 0 spiro atoms. The monoisotopic (exact) mass is 385 g/mol. The topological polar surface area (TPSA) is 29.5 Å². The number of hydrogen-bond donors (Lipinski definition) is 0. The largest absolute Gasteiger partial charge is 0.411 e. The highest BCUT2D eigenvalue weighted by atomic mass is 127. The van der Waals surface area contributed by atoms with Crippen molar-refractivity contribution in [1.82, 2.24) is 0 Å². The predicted molar refractivity (Wildman–Crippen MR) is 72.1 cm³/mol. The molecule has 0 fully saturated rings. The Morgan fingerprint density at radius 1 is 1.37 bits per heavy atom. The number of hydrogen-bond acceptors (Lipinski definition) is 2. The minimum atomic E-state index is -4.33. The second-order valence-corrected chi connectivity index (χ2v) is 5.41. The van der Waals surface area contributed by atoms with Crippen LogP contribution in [0.1, 0.15) is 5.56 Å². The highest BCUT2D eigenvalue weighted by Gasteiger charge is 2.29. The van der Waals surface area contributed by atoms with Crippen LogP contribution in [0.2, 0.25) is 0 Å².